The number of nitrogens with two attached hydrogens (primary N) is 4. The molecule has 0 bridgehead atoms. The van der Waals surface area contributed by atoms with Crippen molar-refractivity contribution in [2.45, 2.75) is 12.4 Å². The van der Waals surface area contributed by atoms with Crippen LogP contribution in [0.1, 0.15) is 11.1 Å². The van der Waals surface area contributed by atoms with Crippen LogP contribution in [0.25, 0.3) is 22.3 Å². The number of alkyl halides is 6. The third kappa shape index (κ3) is 6.56. The van der Waals surface area contributed by atoms with Crippen LogP contribution in [0.15, 0.2) is 72.8 Å². The smallest absolute Gasteiger partial charge is 0.399 e. The van der Waals surface area contributed by atoms with Crippen LogP contribution in [-0.4, -0.2) is 0 Å². The number of hydrogen-bond acceptors (Lipinski definition) is 4. The second-order valence-electron chi connectivity index (χ2n) is 8.04. The molecular formula is C26H20Cl2F6N4. The van der Waals surface area contributed by atoms with Gasteiger partial charge in [0.1, 0.15) is 0 Å². The van der Waals surface area contributed by atoms with Crippen LogP contribution in [0.3, 0.4) is 0 Å². The molecule has 38 heavy (non-hydrogen) atoms. The highest BCUT2D eigenvalue weighted by Crippen LogP contribution is 2.47. The van der Waals surface area contributed by atoms with E-state index in [9.17, 15) is 26.3 Å². The average Bonchev–Trinajstić information content (AvgIpc) is 2.82. The number of anilines is 4. The van der Waals surface area contributed by atoms with E-state index in [1.807, 2.05) is 12.1 Å². The van der Waals surface area contributed by atoms with E-state index in [4.69, 9.17) is 46.1 Å². The molecule has 0 aromatic heterocycles. The van der Waals surface area contributed by atoms with Gasteiger partial charge in [-0.3, -0.25) is 0 Å². The Hall–Kier alpha value is -3.76. The van der Waals surface area contributed by atoms with Crippen molar-refractivity contribution in [1.29, 1.82) is 0 Å². The first-order chi connectivity index (χ1) is 17.6. The molecule has 4 aromatic carbocycles. The first kappa shape index (κ1) is 28.8. The Morgan fingerprint density at radius 2 is 0.868 bits per heavy atom. The summed E-state index contributed by atoms with van der Waals surface area (Å²) in [6.07, 6.45) is -10.4. The fourth-order valence-electron chi connectivity index (χ4n) is 3.54. The van der Waals surface area contributed by atoms with Gasteiger partial charge in [-0.15, -0.1) is 0 Å². The minimum atomic E-state index is -5.22. The van der Waals surface area contributed by atoms with E-state index in [0.29, 0.717) is 21.4 Å². The molecule has 200 valence electrons. The number of rotatable bonds is 2. The van der Waals surface area contributed by atoms with Gasteiger partial charge in [0, 0.05) is 11.4 Å². The third-order valence-electron chi connectivity index (χ3n) is 5.36. The first-order valence-corrected chi connectivity index (χ1v) is 11.4. The number of halogens is 8. The lowest BCUT2D eigenvalue weighted by atomic mass is 9.93. The fourth-order valence-corrected chi connectivity index (χ4v) is 3.90. The molecular weight excluding hydrogens is 553 g/mol. The molecule has 4 rings (SSSR count). The molecule has 0 aliphatic rings. The van der Waals surface area contributed by atoms with Crippen LogP contribution in [0.2, 0.25) is 10.0 Å². The minimum Gasteiger partial charge on any atom is -0.399 e. The zero-order chi connectivity index (χ0) is 28.4. The molecule has 8 N–H and O–H groups in total. The van der Waals surface area contributed by atoms with E-state index in [1.54, 1.807) is 24.3 Å². The van der Waals surface area contributed by atoms with E-state index < -0.39 is 34.7 Å². The summed E-state index contributed by atoms with van der Waals surface area (Å²) in [4.78, 5) is 0. The molecule has 0 spiro atoms. The lowest BCUT2D eigenvalue weighted by Gasteiger charge is -2.21. The van der Waals surface area contributed by atoms with Crippen molar-refractivity contribution in [1.82, 2.24) is 0 Å². The average molecular weight is 573 g/mol. The van der Waals surface area contributed by atoms with Crippen molar-refractivity contribution in [3.8, 4) is 22.3 Å². The Balaban J connectivity index is 0.000000221. The molecule has 0 aliphatic heterocycles. The minimum absolute atomic E-state index is 0.0352. The molecule has 12 heteroatoms. The highest BCUT2D eigenvalue weighted by molar-refractivity contribution is 6.34. The maximum atomic E-state index is 13.2. The molecule has 0 radical (unpaired) electrons. The Kier molecular flexibility index (Phi) is 8.28. The second kappa shape index (κ2) is 10.9. The van der Waals surface area contributed by atoms with Crippen LogP contribution in [0.4, 0.5) is 49.1 Å². The number of benzene rings is 4. The van der Waals surface area contributed by atoms with Gasteiger partial charge in [-0.1, -0.05) is 53.5 Å². The molecule has 0 fully saturated rings. The van der Waals surface area contributed by atoms with E-state index >= 15 is 0 Å². The summed E-state index contributed by atoms with van der Waals surface area (Å²) in [5.41, 5.74) is 19.9. The maximum Gasteiger partial charge on any atom is 0.419 e. The van der Waals surface area contributed by atoms with Crippen LogP contribution in [0.5, 0.6) is 0 Å². The van der Waals surface area contributed by atoms with Crippen molar-refractivity contribution in [3.05, 3.63) is 94.0 Å². The zero-order valence-corrected chi connectivity index (χ0v) is 20.8. The predicted octanol–water partition coefficient (Wildman–Crippen LogP) is 8.38. The highest BCUT2D eigenvalue weighted by atomic mass is 35.5. The third-order valence-corrected chi connectivity index (χ3v) is 6.02. The SMILES string of the molecule is Nc1ccc(-c2ccc(N)c(C(F)(F)F)c2C(F)(F)F)cc1.Nc1ccc(-c2ccc(N)c(Cl)c2)cc1Cl. The molecule has 0 amide bonds. The molecule has 0 unspecified atom stereocenters. The Bertz CT molecular complexity index is 1400. The maximum absolute atomic E-state index is 13.2. The van der Waals surface area contributed by atoms with Crippen LogP contribution in [0, 0.1) is 0 Å². The second-order valence-corrected chi connectivity index (χ2v) is 8.86. The summed E-state index contributed by atoms with van der Waals surface area (Å²) in [6.45, 7) is 0. The topological polar surface area (TPSA) is 104 Å². The van der Waals surface area contributed by atoms with E-state index in [2.05, 4.69) is 0 Å². The van der Waals surface area contributed by atoms with Crippen molar-refractivity contribution in [3.63, 3.8) is 0 Å². The van der Waals surface area contributed by atoms with Crippen molar-refractivity contribution >= 4 is 46.0 Å². The van der Waals surface area contributed by atoms with Crippen molar-refractivity contribution in [2.24, 2.45) is 0 Å². The summed E-state index contributed by atoms with van der Waals surface area (Å²) < 4.78 is 78.6. The van der Waals surface area contributed by atoms with Gasteiger partial charge in [-0.05, 0) is 64.7 Å². The van der Waals surface area contributed by atoms with Gasteiger partial charge in [0.15, 0.2) is 0 Å². The zero-order valence-electron chi connectivity index (χ0n) is 19.3. The number of hydrogen-bond donors (Lipinski definition) is 4. The molecule has 4 aromatic rings. The van der Waals surface area contributed by atoms with Gasteiger partial charge in [-0.2, -0.15) is 26.3 Å². The van der Waals surface area contributed by atoms with Gasteiger partial charge in [0.25, 0.3) is 0 Å². The summed E-state index contributed by atoms with van der Waals surface area (Å²) in [5.74, 6) is 0. The monoisotopic (exact) mass is 572 g/mol. The molecule has 4 nitrogen and oxygen atoms in total. The quantitative estimate of drug-likeness (QED) is 0.143. The Morgan fingerprint density at radius 3 is 1.26 bits per heavy atom. The summed E-state index contributed by atoms with van der Waals surface area (Å²) in [5, 5.41) is 1.07. The molecule has 0 aliphatic carbocycles. The van der Waals surface area contributed by atoms with Crippen molar-refractivity contribution < 1.29 is 26.3 Å². The molecule has 0 saturated heterocycles. The van der Waals surface area contributed by atoms with Crippen LogP contribution in [-0.2, 0) is 12.4 Å². The Morgan fingerprint density at radius 1 is 0.474 bits per heavy atom. The van der Waals surface area contributed by atoms with Gasteiger partial charge < -0.3 is 22.9 Å². The standard InChI is InChI=1S/C14H10F6N2.C12H10Cl2N2/c15-13(16,17)11-9(7-1-3-8(21)4-2-7)5-6-10(22)12(11)14(18,19)20;13-9-5-7(1-3-11(9)15)8-2-4-12(16)10(14)6-8/h1-6H,21-22H2;1-6H,15-16H2. The van der Waals surface area contributed by atoms with Gasteiger partial charge in [0.2, 0.25) is 0 Å². The number of nitrogen functional groups attached to an aromatic ring is 4. The summed E-state index contributed by atoms with van der Waals surface area (Å²) >= 11 is 11.9. The molecule has 0 saturated carbocycles. The van der Waals surface area contributed by atoms with Crippen molar-refractivity contribution in [2.75, 3.05) is 22.9 Å². The summed E-state index contributed by atoms with van der Waals surface area (Å²) in [6, 6.07) is 17.7. The van der Waals surface area contributed by atoms with Gasteiger partial charge in [0.05, 0.1) is 32.5 Å². The molecule has 0 heterocycles. The lowest BCUT2D eigenvalue weighted by molar-refractivity contribution is -0.161. The van der Waals surface area contributed by atoms with E-state index in [-0.39, 0.29) is 11.3 Å². The normalized spacial score (nSPS) is 11.6. The van der Waals surface area contributed by atoms with E-state index in [1.165, 1.54) is 24.3 Å². The largest absolute Gasteiger partial charge is 0.419 e. The van der Waals surface area contributed by atoms with Crippen LogP contribution >= 0.6 is 23.2 Å². The first-order valence-electron chi connectivity index (χ1n) is 10.6. The predicted molar refractivity (Wildman–Crippen MR) is 141 cm³/mol. The lowest BCUT2D eigenvalue weighted by Crippen LogP contribution is -2.20. The Labute approximate surface area is 223 Å². The highest BCUT2D eigenvalue weighted by Gasteiger charge is 2.46. The fraction of sp³-hybridized carbons (Fsp3) is 0.0769. The molecule has 0 atom stereocenters. The van der Waals surface area contributed by atoms with E-state index in [0.717, 1.165) is 23.3 Å². The van der Waals surface area contributed by atoms with Gasteiger partial charge >= 0.3 is 12.4 Å². The van der Waals surface area contributed by atoms with Gasteiger partial charge in [-0.25, -0.2) is 0 Å². The summed E-state index contributed by atoms with van der Waals surface area (Å²) in [7, 11) is 0. The van der Waals surface area contributed by atoms with Crippen LogP contribution < -0.4 is 22.9 Å².